The van der Waals surface area contributed by atoms with Crippen molar-refractivity contribution in [1.82, 2.24) is 0 Å². The van der Waals surface area contributed by atoms with Gasteiger partial charge in [0.1, 0.15) is 5.82 Å². The van der Waals surface area contributed by atoms with Crippen molar-refractivity contribution in [3.05, 3.63) is 35.1 Å². The van der Waals surface area contributed by atoms with Crippen molar-refractivity contribution in [2.24, 2.45) is 0 Å². The van der Waals surface area contributed by atoms with Gasteiger partial charge >= 0.3 is 0 Å². The molecule has 0 bridgehead atoms. The lowest BCUT2D eigenvalue weighted by atomic mass is 10.1. The lowest BCUT2D eigenvalue weighted by molar-refractivity contribution is 0.102. The van der Waals surface area contributed by atoms with Crippen LogP contribution in [-0.2, 0) is 0 Å². The number of hydrogen-bond acceptors (Lipinski definition) is 2. The third kappa shape index (κ3) is 3.97. The Morgan fingerprint density at radius 3 is 2.50 bits per heavy atom. The van der Waals surface area contributed by atoms with E-state index in [0.29, 0.717) is 16.9 Å². The van der Waals surface area contributed by atoms with Crippen molar-refractivity contribution in [3.8, 4) is 0 Å². The predicted molar refractivity (Wildman–Crippen MR) is 67.7 cm³/mol. The highest BCUT2D eigenvalue weighted by Crippen LogP contribution is 2.24. The molecule has 1 aromatic carbocycles. The van der Waals surface area contributed by atoms with Gasteiger partial charge in [-0.1, -0.05) is 20.8 Å². The second-order valence-electron chi connectivity index (χ2n) is 4.78. The molecule has 3 heteroatoms. The summed E-state index contributed by atoms with van der Waals surface area (Å²) in [4.78, 5) is 11.9. The first kappa shape index (κ1) is 13.2. The first-order valence-electron chi connectivity index (χ1n) is 5.23. The molecule has 88 valence electrons. The highest BCUT2D eigenvalue weighted by molar-refractivity contribution is 8.01. The zero-order valence-corrected chi connectivity index (χ0v) is 11.0. The van der Waals surface area contributed by atoms with Crippen molar-refractivity contribution >= 4 is 17.5 Å². The number of carbonyl (C=O) groups is 1. The Bertz CT molecular complexity index is 393. The van der Waals surface area contributed by atoms with Crippen molar-refractivity contribution in [3.63, 3.8) is 0 Å². The molecule has 0 N–H and O–H groups in total. The summed E-state index contributed by atoms with van der Waals surface area (Å²) in [5, 5.41) is 0. The van der Waals surface area contributed by atoms with E-state index in [1.807, 2.05) is 0 Å². The van der Waals surface area contributed by atoms with Gasteiger partial charge in [0.15, 0.2) is 5.78 Å². The van der Waals surface area contributed by atoms with Gasteiger partial charge in [0.05, 0.1) is 5.75 Å². The van der Waals surface area contributed by atoms with Crippen molar-refractivity contribution in [1.29, 1.82) is 0 Å². The topological polar surface area (TPSA) is 17.1 Å². The molecule has 0 atom stereocenters. The van der Waals surface area contributed by atoms with Crippen LogP contribution in [0.25, 0.3) is 0 Å². The summed E-state index contributed by atoms with van der Waals surface area (Å²) in [6.07, 6.45) is 0. The molecule has 0 heterocycles. The molecule has 0 radical (unpaired) electrons. The third-order valence-electron chi connectivity index (χ3n) is 2.13. The number of ketones is 1. The van der Waals surface area contributed by atoms with E-state index in [0.717, 1.165) is 0 Å². The van der Waals surface area contributed by atoms with Crippen LogP contribution >= 0.6 is 11.8 Å². The molecule has 0 spiro atoms. The maximum atomic E-state index is 12.9. The van der Waals surface area contributed by atoms with E-state index in [-0.39, 0.29) is 16.3 Å². The number of halogens is 1. The fraction of sp³-hybridized carbons (Fsp3) is 0.462. The van der Waals surface area contributed by atoms with E-state index in [9.17, 15) is 9.18 Å². The SMILES string of the molecule is Cc1cc(F)ccc1C(=O)CSC(C)(C)C. The van der Waals surface area contributed by atoms with Gasteiger partial charge in [-0.25, -0.2) is 4.39 Å². The molecule has 0 aliphatic heterocycles. The Labute approximate surface area is 100 Å². The summed E-state index contributed by atoms with van der Waals surface area (Å²) >= 11 is 1.61. The smallest absolute Gasteiger partial charge is 0.173 e. The Morgan fingerprint density at radius 1 is 1.38 bits per heavy atom. The second-order valence-corrected chi connectivity index (χ2v) is 6.59. The Hall–Kier alpha value is -0.830. The molecule has 0 aliphatic carbocycles. The summed E-state index contributed by atoms with van der Waals surface area (Å²) in [6, 6.07) is 4.30. The van der Waals surface area contributed by atoms with E-state index in [4.69, 9.17) is 0 Å². The average Bonchev–Trinajstić information content (AvgIpc) is 2.13. The molecule has 0 aliphatic rings. The lowest BCUT2D eigenvalue weighted by Crippen LogP contribution is -2.13. The first-order chi connectivity index (χ1) is 7.29. The monoisotopic (exact) mass is 240 g/mol. The molecule has 1 nitrogen and oxygen atoms in total. The summed E-state index contributed by atoms with van der Waals surface area (Å²) in [7, 11) is 0. The normalized spacial score (nSPS) is 11.6. The average molecular weight is 240 g/mol. The molecular formula is C13H17FOS. The molecule has 1 rings (SSSR count). The fourth-order valence-corrected chi connectivity index (χ4v) is 2.02. The molecule has 16 heavy (non-hydrogen) atoms. The van der Waals surface area contributed by atoms with Crippen LogP contribution in [0.1, 0.15) is 36.7 Å². The lowest BCUT2D eigenvalue weighted by Gasteiger charge is -2.17. The number of Topliss-reactive ketones (excluding diaryl/α,β-unsaturated/α-hetero) is 1. The van der Waals surface area contributed by atoms with Gasteiger partial charge in [0.25, 0.3) is 0 Å². The number of benzene rings is 1. The minimum Gasteiger partial charge on any atom is -0.293 e. The van der Waals surface area contributed by atoms with E-state index in [1.165, 1.54) is 12.1 Å². The Morgan fingerprint density at radius 2 is 2.00 bits per heavy atom. The summed E-state index contributed by atoms with van der Waals surface area (Å²) in [6.45, 7) is 7.98. The van der Waals surface area contributed by atoms with Crippen LogP contribution in [-0.4, -0.2) is 16.3 Å². The molecular weight excluding hydrogens is 223 g/mol. The molecule has 0 saturated carbocycles. The van der Waals surface area contributed by atoms with Crippen LogP contribution in [0.3, 0.4) is 0 Å². The predicted octanol–water partition coefficient (Wildman–Crippen LogP) is 3.85. The number of thioether (sulfide) groups is 1. The van der Waals surface area contributed by atoms with Gasteiger partial charge in [-0.05, 0) is 30.7 Å². The summed E-state index contributed by atoms with van der Waals surface area (Å²) < 4.78 is 12.9. The standard InChI is InChI=1S/C13H17FOS/c1-9-7-10(14)5-6-11(9)12(15)8-16-13(2,3)4/h5-7H,8H2,1-4H3. The minimum absolute atomic E-state index is 0.0671. The minimum atomic E-state index is -0.294. The zero-order valence-electron chi connectivity index (χ0n) is 10.1. The largest absolute Gasteiger partial charge is 0.293 e. The van der Waals surface area contributed by atoms with Crippen LogP contribution in [0.15, 0.2) is 18.2 Å². The van der Waals surface area contributed by atoms with Crippen molar-refractivity contribution in [2.45, 2.75) is 32.4 Å². The third-order valence-corrected chi connectivity index (χ3v) is 3.40. The van der Waals surface area contributed by atoms with Crippen molar-refractivity contribution < 1.29 is 9.18 Å². The van der Waals surface area contributed by atoms with E-state index in [2.05, 4.69) is 20.8 Å². The summed E-state index contributed by atoms with van der Waals surface area (Å²) in [5.74, 6) is 0.214. The Balaban J connectivity index is 2.74. The van der Waals surface area contributed by atoms with Crippen LogP contribution in [0.2, 0.25) is 0 Å². The second kappa shape index (κ2) is 5.00. The van der Waals surface area contributed by atoms with Gasteiger partial charge in [0, 0.05) is 10.3 Å². The van der Waals surface area contributed by atoms with E-state index >= 15 is 0 Å². The number of rotatable bonds is 3. The van der Waals surface area contributed by atoms with Gasteiger partial charge in [0.2, 0.25) is 0 Å². The maximum Gasteiger partial charge on any atom is 0.173 e. The maximum absolute atomic E-state index is 12.9. The molecule has 0 aromatic heterocycles. The van der Waals surface area contributed by atoms with Gasteiger partial charge in [-0.2, -0.15) is 0 Å². The molecule has 0 amide bonds. The summed E-state index contributed by atoms with van der Waals surface area (Å²) in [5.41, 5.74) is 1.33. The molecule has 0 unspecified atom stereocenters. The van der Waals surface area contributed by atoms with E-state index < -0.39 is 0 Å². The highest BCUT2D eigenvalue weighted by atomic mass is 32.2. The van der Waals surface area contributed by atoms with Crippen LogP contribution in [0, 0.1) is 12.7 Å². The number of hydrogen-bond donors (Lipinski definition) is 0. The van der Waals surface area contributed by atoms with Gasteiger partial charge < -0.3 is 0 Å². The molecule has 0 fully saturated rings. The number of carbonyl (C=O) groups excluding carboxylic acids is 1. The quantitative estimate of drug-likeness (QED) is 0.746. The fourth-order valence-electron chi connectivity index (χ4n) is 1.30. The van der Waals surface area contributed by atoms with Crippen molar-refractivity contribution in [2.75, 3.05) is 5.75 Å². The van der Waals surface area contributed by atoms with Crippen LogP contribution in [0.5, 0.6) is 0 Å². The molecule has 1 aromatic rings. The van der Waals surface area contributed by atoms with Gasteiger partial charge in [-0.3, -0.25) is 4.79 Å². The Kier molecular flexibility index (Phi) is 4.14. The highest BCUT2D eigenvalue weighted by Gasteiger charge is 2.15. The molecule has 0 saturated heterocycles. The zero-order chi connectivity index (χ0) is 12.3. The van der Waals surface area contributed by atoms with E-state index in [1.54, 1.807) is 24.8 Å². The van der Waals surface area contributed by atoms with Gasteiger partial charge in [-0.15, -0.1) is 11.8 Å². The number of aryl methyl sites for hydroxylation is 1. The van der Waals surface area contributed by atoms with Crippen LogP contribution < -0.4 is 0 Å². The first-order valence-corrected chi connectivity index (χ1v) is 6.21. The van der Waals surface area contributed by atoms with Crippen LogP contribution in [0.4, 0.5) is 4.39 Å².